The van der Waals surface area contributed by atoms with Crippen molar-refractivity contribution >= 4 is 11.9 Å². The van der Waals surface area contributed by atoms with E-state index in [9.17, 15) is 9.59 Å². The van der Waals surface area contributed by atoms with Gasteiger partial charge in [0, 0.05) is 18.7 Å². The summed E-state index contributed by atoms with van der Waals surface area (Å²) in [7, 11) is 1.95. The third-order valence-corrected chi connectivity index (χ3v) is 6.08. The monoisotopic (exact) mass is 429 g/mol. The number of allylic oxidation sites excluding steroid dienone is 2. The summed E-state index contributed by atoms with van der Waals surface area (Å²) in [6, 6.07) is 19.2. The lowest BCUT2D eigenvalue weighted by Gasteiger charge is -2.27. The van der Waals surface area contributed by atoms with Crippen molar-refractivity contribution in [1.29, 1.82) is 0 Å². The van der Waals surface area contributed by atoms with Crippen LogP contribution in [0.5, 0.6) is 0 Å². The summed E-state index contributed by atoms with van der Waals surface area (Å²) >= 11 is 0. The Morgan fingerprint density at radius 1 is 1.00 bits per heavy atom. The second-order valence-corrected chi connectivity index (χ2v) is 7.95. The molecule has 1 aliphatic heterocycles. The number of ether oxygens (including phenoxy) is 2. The van der Waals surface area contributed by atoms with Crippen LogP contribution in [0.4, 0.5) is 0 Å². The van der Waals surface area contributed by atoms with Crippen molar-refractivity contribution in [3.05, 3.63) is 107 Å². The van der Waals surface area contributed by atoms with E-state index < -0.39 is 5.92 Å². The number of hydrogen-bond donors (Lipinski definition) is 0. The minimum Gasteiger partial charge on any atom is -0.463 e. The molecule has 1 heterocycles. The Kier molecular flexibility index (Phi) is 6.26. The molecule has 2 aliphatic rings. The molecule has 0 fully saturated rings. The molecule has 2 aromatic rings. The van der Waals surface area contributed by atoms with Crippen LogP contribution in [-0.4, -0.2) is 36.5 Å². The van der Waals surface area contributed by atoms with Gasteiger partial charge in [-0.05, 0) is 37.1 Å². The number of esters is 2. The summed E-state index contributed by atoms with van der Waals surface area (Å²) in [6.07, 6.45) is 5.64. The van der Waals surface area contributed by atoms with E-state index in [2.05, 4.69) is 4.90 Å². The molecule has 32 heavy (non-hydrogen) atoms. The van der Waals surface area contributed by atoms with Gasteiger partial charge in [0.25, 0.3) is 0 Å². The molecule has 1 aliphatic carbocycles. The van der Waals surface area contributed by atoms with Gasteiger partial charge in [-0.15, -0.1) is 0 Å². The Bertz CT molecular complexity index is 1050. The fourth-order valence-corrected chi connectivity index (χ4v) is 4.41. The number of nitrogens with zero attached hydrogens (tertiary/aromatic N) is 1. The normalized spacial score (nSPS) is 19.6. The van der Waals surface area contributed by atoms with Gasteiger partial charge in [0.05, 0.1) is 18.2 Å². The highest BCUT2D eigenvalue weighted by atomic mass is 16.5. The quantitative estimate of drug-likeness (QED) is 0.629. The van der Waals surface area contributed by atoms with E-state index in [0.717, 1.165) is 16.8 Å². The largest absolute Gasteiger partial charge is 0.463 e. The lowest BCUT2D eigenvalue weighted by molar-refractivity contribution is -0.140. The van der Waals surface area contributed by atoms with Crippen LogP contribution in [0.15, 0.2) is 95.9 Å². The van der Waals surface area contributed by atoms with Crippen LogP contribution in [0, 0.1) is 5.92 Å². The van der Waals surface area contributed by atoms with E-state index in [1.807, 2.05) is 92.9 Å². The average molecular weight is 430 g/mol. The highest BCUT2D eigenvalue weighted by Crippen LogP contribution is 2.39. The summed E-state index contributed by atoms with van der Waals surface area (Å²) in [5, 5.41) is 0. The average Bonchev–Trinajstić information content (AvgIpc) is 3.05. The zero-order valence-corrected chi connectivity index (χ0v) is 18.5. The maximum absolute atomic E-state index is 13.3. The molecule has 164 valence electrons. The van der Waals surface area contributed by atoms with E-state index >= 15 is 0 Å². The van der Waals surface area contributed by atoms with Gasteiger partial charge in [-0.1, -0.05) is 66.7 Å². The van der Waals surface area contributed by atoms with E-state index in [-0.39, 0.29) is 23.9 Å². The van der Waals surface area contributed by atoms with Crippen molar-refractivity contribution < 1.29 is 19.1 Å². The number of carbonyl (C=O) groups excluding carboxylic acids is 2. The van der Waals surface area contributed by atoms with E-state index in [0.29, 0.717) is 17.9 Å². The van der Waals surface area contributed by atoms with Gasteiger partial charge in [0.2, 0.25) is 0 Å². The van der Waals surface area contributed by atoms with Crippen LogP contribution in [-0.2, 0) is 19.1 Å². The molecule has 0 saturated carbocycles. The number of rotatable bonds is 6. The number of benzene rings is 2. The fourth-order valence-electron chi connectivity index (χ4n) is 4.41. The Morgan fingerprint density at radius 2 is 1.59 bits per heavy atom. The SMILES string of the molecule is CCOC(=O)C1=C(C)N(C)[C@H]2C=CC(OC(=O)C(c3ccccc3)c3ccccc3)=C[C@H]12. The second-order valence-electron chi connectivity index (χ2n) is 7.95. The zero-order chi connectivity index (χ0) is 22.7. The van der Waals surface area contributed by atoms with Gasteiger partial charge in [0.1, 0.15) is 11.7 Å². The van der Waals surface area contributed by atoms with Crippen molar-refractivity contribution in [3.63, 3.8) is 0 Å². The summed E-state index contributed by atoms with van der Waals surface area (Å²) in [6.45, 7) is 4.02. The predicted molar refractivity (Wildman–Crippen MR) is 122 cm³/mol. The predicted octanol–water partition coefficient (Wildman–Crippen LogP) is 4.58. The number of carbonyl (C=O) groups is 2. The Balaban J connectivity index is 1.62. The fraction of sp³-hybridized carbons (Fsp3) is 0.259. The molecule has 0 radical (unpaired) electrons. The van der Waals surface area contributed by atoms with Crippen molar-refractivity contribution in [2.45, 2.75) is 25.8 Å². The highest BCUT2D eigenvalue weighted by Gasteiger charge is 2.40. The number of likely N-dealkylation sites (N-methyl/N-ethyl adjacent to an activating group) is 1. The van der Waals surface area contributed by atoms with Gasteiger partial charge >= 0.3 is 11.9 Å². The lowest BCUT2D eigenvalue weighted by atomic mass is 9.89. The molecule has 0 N–H and O–H groups in total. The molecule has 5 heteroatoms. The summed E-state index contributed by atoms with van der Waals surface area (Å²) < 4.78 is 11.2. The molecule has 0 saturated heterocycles. The van der Waals surface area contributed by atoms with Crippen LogP contribution in [0.1, 0.15) is 30.9 Å². The van der Waals surface area contributed by atoms with E-state index in [4.69, 9.17) is 9.47 Å². The Labute approximate surface area is 188 Å². The first kappa shape index (κ1) is 21.6. The van der Waals surface area contributed by atoms with Crippen molar-refractivity contribution in [2.75, 3.05) is 13.7 Å². The van der Waals surface area contributed by atoms with Crippen molar-refractivity contribution in [2.24, 2.45) is 5.92 Å². The standard InChI is InChI=1S/C27H27NO4/c1-4-31-26(29)24-18(2)28(3)23-16-15-21(17-22(23)24)32-27(30)25(19-11-7-5-8-12-19)20-13-9-6-10-14-20/h5-17,22-23,25H,4H2,1-3H3/t22-,23-/m0/s1. The number of fused-ring (bicyclic) bond motifs is 1. The van der Waals surface area contributed by atoms with Crippen LogP contribution >= 0.6 is 0 Å². The molecule has 2 atom stereocenters. The van der Waals surface area contributed by atoms with Gasteiger partial charge in [-0.2, -0.15) is 0 Å². The summed E-state index contributed by atoms with van der Waals surface area (Å²) in [4.78, 5) is 28.0. The maximum Gasteiger partial charge on any atom is 0.336 e. The molecular formula is C27H27NO4. The second kappa shape index (κ2) is 9.27. The van der Waals surface area contributed by atoms with Gasteiger partial charge < -0.3 is 14.4 Å². The molecule has 0 spiro atoms. The number of hydrogen-bond acceptors (Lipinski definition) is 5. The Morgan fingerprint density at radius 3 is 2.16 bits per heavy atom. The lowest BCUT2D eigenvalue weighted by Crippen LogP contribution is -2.30. The smallest absolute Gasteiger partial charge is 0.336 e. The molecule has 0 amide bonds. The molecular weight excluding hydrogens is 402 g/mol. The molecule has 4 rings (SSSR count). The van der Waals surface area contributed by atoms with Crippen LogP contribution < -0.4 is 0 Å². The summed E-state index contributed by atoms with van der Waals surface area (Å²) in [5.41, 5.74) is 3.22. The first-order valence-corrected chi connectivity index (χ1v) is 10.8. The minimum atomic E-state index is -0.544. The molecule has 2 aromatic carbocycles. The third kappa shape index (κ3) is 4.11. The van der Waals surface area contributed by atoms with Crippen LogP contribution in [0.3, 0.4) is 0 Å². The van der Waals surface area contributed by atoms with Crippen molar-refractivity contribution in [3.8, 4) is 0 Å². The topological polar surface area (TPSA) is 55.8 Å². The van der Waals surface area contributed by atoms with Gasteiger partial charge in [0.15, 0.2) is 0 Å². The van der Waals surface area contributed by atoms with Crippen molar-refractivity contribution in [1.82, 2.24) is 4.90 Å². The van der Waals surface area contributed by atoms with Crippen LogP contribution in [0.2, 0.25) is 0 Å². The first-order chi connectivity index (χ1) is 15.5. The Hall–Kier alpha value is -3.60. The summed E-state index contributed by atoms with van der Waals surface area (Å²) in [5.74, 6) is -1.01. The van der Waals surface area contributed by atoms with Gasteiger partial charge in [-0.3, -0.25) is 4.79 Å². The molecule has 0 aromatic heterocycles. The highest BCUT2D eigenvalue weighted by molar-refractivity contribution is 5.91. The maximum atomic E-state index is 13.3. The third-order valence-electron chi connectivity index (χ3n) is 6.08. The van der Waals surface area contributed by atoms with E-state index in [1.54, 1.807) is 6.92 Å². The van der Waals surface area contributed by atoms with Crippen LogP contribution in [0.25, 0.3) is 0 Å². The zero-order valence-electron chi connectivity index (χ0n) is 18.5. The van der Waals surface area contributed by atoms with Gasteiger partial charge in [-0.25, -0.2) is 4.79 Å². The first-order valence-electron chi connectivity index (χ1n) is 10.8. The molecule has 0 unspecified atom stereocenters. The minimum absolute atomic E-state index is 0.00379. The van der Waals surface area contributed by atoms with E-state index in [1.165, 1.54) is 0 Å². The molecule has 0 bridgehead atoms. The molecule has 5 nitrogen and oxygen atoms in total.